The van der Waals surface area contributed by atoms with Crippen molar-refractivity contribution in [2.45, 2.75) is 69.9 Å². The highest BCUT2D eigenvalue weighted by molar-refractivity contribution is 4.81. The number of piperidine rings is 1. The Balaban J connectivity index is 1.77. The molecule has 0 radical (unpaired) electrons. The summed E-state index contributed by atoms with van der Waals surface area (Å²) in [6.07, 6.45) is 12.5. The second-order valence-corrected chi connectivity index (χ2v) is 6.54. The van der Waals surface area contributed by atoms with Crippen molar-refractivity contribution in [2.24, 2.45) is 5.73 Å². The van der Waals surface area contributed by atoms with Crippen LogP contribution in [0.3, 0.4) is 0 Å². The molecule has 0 aromatic rings. The quantitative estimate of drug-likeness (QED) is 0.769. The number of rotatable bonds is 7. The Morgan fingerprint density at radius 3 is 2.47 bits per heavy atom. The first-order valence-electron chi connectivity index (χ1n) is 8.45. The van der Waals surface area contributed by atoms with Gasteiger partial charge < -0.3 is 15.5 Å². The van der Waals surface area contributed by atoms with E-state index >= 15 is 0 Å². The molecule has 2 fully saturated rings. The standard InChI is InChI=1S/C16H33N3/c1-18-12-5-4-7-15(18)10-14-19(13-6-11-17)16-8-2-3-9-16/h15-16H,2-14,17H2,1H3. The second-order valence-electron chi connectivity index (χ2n) is 6.54. The van der Waals surface area contributed by atoms with Crippen LogP contribution in [-0.2, 0) is 0 Å². The van der Waals surface area contributed by atoms with Crippen molar-refractivity contribution in [2.75, 3.05) is 33.2 Å². The summed E-state index contributed by atoms with van der Waals surface area (Å²) < 4.78 is 0. The van der Waals surface area contributed by atoms with Crippen molar-refractivity contribution < 1.29 is 0 Å². The number of hydrogen-bond donors (Lipinski definition) is 1. The van der Waals surface area contributed by atoms with Gasteiger partial charge in [0.1, 0.15) is 0 Å². The molecule has 2 N–H and O–H groups in total. The fourth-order valence-electron chi connectivity index (χ4n) is 3.86. The van der Waals surface area contributed by atoms with Gasteiger partial charge in [-0.05, 0) is 71.8 Å². The van der Waals surface area contributed by atoms with Crippen LogP contribution < -0.4 is 5.73 Å². The minimum Gasteiger partial charge on any atom is -0.330 e. The molecule has 1 atom stereocenters. The van der Waals surface area contributed by atoms with Crippen molar-refractivity contribution in [3.63, 3.8) is 0 Å². The van der Waals surface area contributed by atoms with Gasteiger partial charge in [-0.25, -0.2) is 0 Å². The van der Waals surface area contributed by atoms with E-state index in [2.05, 4.69) is 16.8 Å². The highest BCUT2D eigenvalue weighted by Crippen LogP contribution is 2.25. The SMILES string of the molecule is CN1CCCCC1CCN(CCCN)C1CCCC1. The third-order valence-corrected chi connectivity index (χ3v) is 5.16. The normalized spacial score (nSPS) is 26.4. The Kier molecular flexibility index (Phi) is 6.62. The summed E-state index contributed by atoms with van der Waals surface area (Å²) in [7, 11) is 2.31. The van der Waals surface area contributed by atoms with Crippen LogP contribution in [0.2, 0.25) is 0 Å². The summed E-state index contributed by atoms with van der Waals surface area (Å²) in [6.45, 7) is 4.65. The molecule has 2 aliphatic rings. The van der Waals surface area contributed by atoms with Crippen LogP contribution in [0.15, 0.2) is 0 Å². The van der Waals surface area contributed by atoms with Gasteiger partial charge in [0.15, 0.2) is 0 Å². The van der Waals surface area contributed by atoms with E-state index in [9.17, 15) is 0 Å². The molecule has 1 saturated heterocycles. The van der Waals surface area contributed by atoms with Gasteiger partial charge in [0.25, 0.3) is 0 Å². The molecule has 1 saturated carbocycles. The number of nitrogens with zero attached hydrogens (tertiary/aromatic N) is 2. The zero-order valence-corrected chi connectivity index (χ0v) is 12.8. The Labute approximate surface area is 119 Å². The average molecular weight is 267 g/mol. The first-order chi connectivity index (χ1) is 9.31. The van der Waals surface area contributed by atoms with Gasteiger partial charge >= 0.3 is 0 Å². The van der Waals surface area contributed by atoms with Crippen molar-refractivity contribution in [3.8, 4) is 0 Å². The topological polar surface area (TPSA) is 32.5 Å². The van der Waals surface area contributed by atoms with Crippen LogP contribution in [0, 0.1) is 0 Å². The summed E-state index contributed by atoms with van der Waals surface area (Å²) in [5.74, 6) is 0. The van der Waals surface area contributed by atoms with E-state index in [0.29, 0.717) is 0 Å². The van der Waals surface area contributed by atoms with E-state index in [1.807, 2.05) is 0 Å². The first kappa shape index (κ1) is 15.3. The van der Waals surface area contributed by atoms with Crippen LogP contribution in [0.25, 0.3) is 0 Å². The molecule has 2 rings (SSSR count). The minimum atomic E-state index is 0.829. The van der Waals surface area contributed by atoms with Crippen molar-refractivity contribution >= 4 is 0 Å². The lowest BCUT2D eigenvalue weighted by Crippen LogP contribution is -2.41. The highest BCUT2D eigenvalue weighted by atomic mass is 15.2. The van der Waals surface area contributed by atoms with Gasteiger partial charge in [-0.15, -0.1) is 0 Å². The fraction of sp³-hybridized carbons (Fsp3) is 1.00. The molecule has 1 aliphatic heterocycles. The van der Waals surface area contributed by atoms with Gasteiger partial charge in [0.2, 0.25) is 0 Å². The van der Waals surface area contributed by atoms with Crippen molar-refractivity contribution in [1.82, 2.24) is 9.80 Å². The summed E-state index contributed by atoms with van der Waals surface area (Å²) in [6, 6.07) is 1.69. The van der Waals surface area contributed by atoms with E-state index in [1.54, 1.807) is 0 Å². The minimum absolute atomic E-state index is 0.829. The third kappa shape index (κ3) is 4.73. The smallest absolute Gasteiger partial charge is 0.0104 e. The molecule has 1 unspecified atom stereocenters. The first-order valence-corrected chi connectivity index (χ1v) is 8.45. The van der Waals surface area contributed by atoms with Gasteiger partial charge in [-0.2, -0.15) is 0 Å². The molecule has 0 amide bonds. The van der Waals surface area contributed by atoms with E-state index < -0.39 is 0 Å². The van der Waals surface area contributed by atoms with E-state index in [1.165, 1.54) is 71.0 Å². The summed E-state index contributed by atoms with van der Waals surface area (Å²) in [5.41, 5.74) is 5.70. The average Bonchev–Trinajstić information content (AvgIpc) is 2.94. The highest BCUT2D eigenvalue weighted by Gasteiger charge is 2.24. The van der Waals surface area contributed by atoms with Crippen LogP contribution >= 0.6 is 0 Å². The monoisotopic (exact) mass is 267 g/mol. The molecule has 0 spiro atoms. The van der Waals surface area contributed by atoms with Gasteiger partial charge in [0, 0.05) is 12.1 Å². The maximum atomic E-state index is 5.70. The van der Waals surface area contributed by atoms with Crippen LogP contribution in [0.5, 0.6) is 0 Å². The Bertz CT molecular complexity index is 238. The lowest BCUT2D eigenvalue weighted by atomic mass is 9.99. The number of hydrogen-bond acceptors (Lipinski definition) is 3. The molecule has 0 bridgehead atoms. The van der Waals surface area contributed by atoms with E-state index in [0.717, 1.165) is 25.0 Å². The number of nitrogens with two attached hydrogens (primary N) is 1. The Morgan fingerprint density at radius 1 is 1.05 bits per heavy atom. The van der Waals surface area contributed by atoms with Gasteiger partial charge in [-0.3, -0.25) is 0 Å². The summed E-state index contributed by atoms with van der Waals surface area (Å²) in [4.78, 5) is 5.33. The molecule has 3 heteroatoms. The predicted octanol–water partition coefficient (Wildman–Crippen LogP) is 2.45. The Hall–Kier alpha value is -0.120. The molecule has 0 aromatic carbocycles. The van der Waals surface area contributed by atoms with E-state index in [-0.39, 0.29) is 0 Å². The maximum Gasteiger partial charge on any atom is 0.0104 e. The Morgan fingerprint density at radius 2 is 1.79 bits per heavy atom. The molecule has 112 valence electrons. The van der Waals surface area contributed by atoms with Crippen LogP contribution in [0.4, 0.5) is 0 Å². The largest absolute Gasteiger partial charge is 0.330 e. The zero-order valence-electron chi connectivity index (χ0n) is 12.8. The maximum absolute atomic E-state index is 5.70. The molecular weight excluding hydrogens is 234 g/mol. The van der Waals surface area contributed by atoms with Gasteiger partial charge in [-0.1, -0.05) is 19.3 Å². The molecule has 19 heavy (non-hydrogen) atoms. The molecule has 1 heterocycles. The fourth-order valence-corrected chi connectivity index (χ4v) is 3.86. The van der Waals surface area contributed by atoms with Gasteiger partial charge in [0.05, 0.1) is 0 Å². The predicted molar refractivity (Wildman–Crippen MR) is 82.4 cm³/mol. The number of likely N-dealkylation sites (tertiary alicyclic amines) is 1. The summed E-state index contributed by atoms with van der Waals surface area (Å²) in [5, 5.41) is 0. The lowest BCUT2D eigenvalue weighted by Gasteiger charge is -2.35. The molecule has 1 aliphatic carbocycles. The summed E-state index contributed by atoms with van der Waals surface area (Å²) >= 11 is 0. The van der Waals surface area contributed by atoms with E-state index in [4.69, 9.17) is 5.73 Å². The van der Waals surface area contributed by atoms with Crippen molar-refractivity contribution in [1.29, 1.82) is 0 Å². The molecule has 3 nitrogen and oxygen atoms in total. The van der Waals surface area contributed by atoms with Crippen LogP contribution in [-0.4, -0.2) is 55.1 Å². The van der Waals surface area contributed by atoms with Crippen LogP contribution in [0.1, 0.15) is 57.8 Å². The zero-order chi connectivity index (χ0) is 13.5. The molecular formula is C16H33N3. The van der Waals surface area contributed by atoms with Crippen molar-refractivity contribution in [3.05, 3.63) is 0 Å². The lowest BCUT2D eigenvalue weighted by molar-refractivity contribution is 0.134. The molecule has 0 aromatic heterocycles. The second kappa shape index (κ2) is 8.23. The third-order valence-electron chi connectivity index (χ3n) is 5.16.